The van der Waals surface area contributed by atoms with E-state index in [1.54, 1.807) is 12.1 Å². The Bertz CT molecular complexity index is 712. The number of oxime groups is 1. The zero-order chi connectivity index (χ0) is 15.6. The van der Waals surface area contributed by atoms with Crippen molar-refractivity contribution in [2.75, 3.05) is 0 Å². The molecule has 0 aliphatic carbocycles. The summed E-state index contributed by atoms with van der Waals surface area (Å²) >= 11 is 3.37. The molecule has 0 fully saturated rings. The Morgan fingerprint density at radius 3 is 2.52 bits per heavy atom. The van der Waals surface area contributed by atoms with E-state index in [-0.39, 0.29) is 5.84 Å². The summed E-state index contributed by atoms with van der Waals surface area (Å²) in [6, 6.07) is 9.47. The number of benzene rings is 2. The lowest BCUT2D eigenvalue weighted by molar-refractivity contribution is 0.318. The van der Waals surface area contributed by atoms with E-state index >= 15 is 0 Å². The molecule has 110 valence electrons. The monoisotopic (exact) mass is 348 g/mol. The van der Waals surface area contributed by atoms with Crippen molar-refractivity contribution >= 4 is 21.8 Å². The van der Waals surface area contributed by atoms with E-state index in [1.165, 1.54) is 0 Å². The maximum atomic E-state index is 8.90. The van der Waals surface area contributed by atoms with Crippen LogP contribution in [0.2, 0.25) is 0 Å². The molecule has 5 heteroatoms. The Balaban J connectivity index is 2.50. The van der Waals surface area contributed by atoms with Crippen LogP contribution in [0.25, 0.3) is 0 Å². The summed E-state index contributed by atoms with van der Waals surface area (Å²) in [7, 11) is 0. The third-order valence-electron chi connectivity index (χ3n) is 3.31. The summed E-state index contributed by atoms with van der Waals surface area (Å²) in [6.07, 6.45) is 0. The molecule has 0 radical (unpaired) electrons. The summed E-state index contributed by atoms with van der Waals surface area (Å²) in [4.78, 5) is 0. The van der Waals surface area contributed by atoms with Crippen LogP contribution in [0.1, 0.15) is 22.3 Å². The first-order valence-electron chi connectivity index (χ1n) is 6.45. The number of nitrogens with zero attached hydrogens (tertiary/aromatic N) is 1. The number of amidine groups is 1. The van der Waals surface area contributed by atoms with Gasteiger partial charge in [0.25, 0.3) is 0 Å². The molecule has 4 nitrogen and oxygen atoms in total. The Morgan fingerprint density at radius 1 is 1.14 bits per heavy atom. The average Bonchev–Trinajstić information content (AvgIpc) is 2.45. The highest BCUT2D eigenvalue weighted by atomic mass is 79.9. The zero-order valence-electron chi connectivity index (χ0n) is 12.1. The molecule has 0 aliphatic heterocycles. The van der Waals surface area contributed by atoms with Gasteiger partial charge in [0, 0.05) is 4.47 Å². The van der Waals surface area contributed by atoms with Crippen molar-refractivity contribution in [3.05, 3.63) is 57.1 Å². The fourth-order valence-electron chi connectivity index (χ4n) is 2.07. The molecule has 0 saturated heterocycles. The smallest absolute Gasteiger partial charge is 0.173 e. The average molecular weight is 349 g/mol. The van der Waals surface area contributed by atoms with Gasteiger partial charge in [-0.25, -0.2) is 0 Å². The lowest BCUT2D eigenvalue weighted by atomic mass is 10.1. The third-order valence-corrected chi connectivity index (χ3v) is 3.80. The van der Waals surface area contributed by atoms with Crippen LogP contribution in [0.15, 0.2) is 40.0 Å². The van der Waals surface area contributed by atoms with Crippen molar-refractivity contribution in [3.8, 4) is 11.5 Å². The number of aryl methyl sites for hydroxylation is 2. The van der Waals surface area contributed by atoms with Crippen molar-refractivity contribution in [1.29, 1.82) is 0 Å². The van der Waals surface area contributed by atoms with E-state index in [0.29, 0.717) is 11.3 Å². The number of halogens is 1. The minimum atomic E-state index is 0.00771. The van der Waals surface area contributed by atoms with Crippen molar-refractivity contribution in [2.24, 2.45) is 10.9 Å². The molecule has 2 rings (SSSR count). The maximum absolute atomic E-state index is 8.90. The molecular weight excluding hydrogens is 332 g/mol. The topological polar surface area (TPSA) is 67.8 Å². The van der Waals surface area contributed by atoms with Crippen LogP contribution in [-0.4, -0.2) is 11.0 Å². The second-order valence-electron chi connectivity index (χ2n) is 4.93. The summed E-state index contributed by atoms with van der Waals surface area (Å²) < 4.78 is 6.81. The second kappa shape index (κ2) is 6.18. The molecule has 0 aliphatic rings. The van der Waals surface area contributed by atoms with Crippen LogP contribution >= 0.6 is 15.9 Å². The van der Waals surface area contributed by atoms with E-state index < -0.39 is 0 Å². The van der Waals surface area contributed by atoms with Crippen LogP contribution in [-0.2, 0) is 0 Å². The van der Waals surface area contributed by atoms with Gasteiger partial charge in [0.1, 0.15) is 11.5 Å². The molecule has 0 spiro atoms. The minimum absolute atomic E-state index is 0.00771. The fraction of sp³-hybridized carbons (Fsp3) is 0.188. The Morgan fingerprint density at radius 2 is 1.86 bits per heavy atom. The van der Waals surface area contributed by atoms with Crippen LogP contribution in [0, 0.1) is 20.8 Å². The first-order chi connectivity index (χ1) is 9.92. The molecule has 3 N–H and O–H groups in total. The molecule has 0 heterocycles. The number of ether oxygens (including phenoxy) is 1. The van der Waals surface area contributed by atoms with E-state index in [9.17, 15) is 0 Å². The first-order valence-corrected chi connectivity index (χ1v) is 7.25. The van der Waals surface area contributed by atoms with E-state index in [4.69, 9.17) is 15.7 Å². The van der Waals surface area contributed by atoms with Crippen molar-refractivity contribution < 1.29 is 9.94 Å². The van der Waals surface area contributed by atoms with Gasteiger partial charge in [-0.2, -0.15) is 0 Å². The highest BCUT2D eigenvalue weighted by Crippen LogP contribution is 2.32. The first kappa shape index (κ1) is 15.4. The predicted octanol–water partition coefficient (Wildman–Crippen LogP) is 4.26. The van der Waals surface area contributed by atoms with Gasteiger partial charge in [-0.3, -0.25) is 0 Å². The van der Waals surface area contributed by atoms with Crippen LogP contribution in [0.4, 0.5) is 0 Å². The Hall–Kier alpha value is -2.01. The number of rotatable bonds is 3. The van der Waals surface area contributed by atoms with E-state index in [2.05, 4.69) is 27.2 Å². The van der Waals surface area contributed by atoms with Crippen molar-refractivity contribution in [3.63, 3.8) is 0 Å². The molecule has 2 aromatic rings. The Labute approximate surface area is 132 Å². The van der Waals surface area contributed by atoms with Gasteiger partial charge in [-0.05, 0) is 61.7 Å². The van der Waals surface area contributed by atoms with Gasteiger partial charge in [0.15, 0.2) is 5.84 Å². The van der Waals surface area contributed by atoms with Gasteiger partial charge in [-0.1, -0.05) is 27.2 Å². The number of hydrogen-bond acceptors (Lipinski definition) is 3. The van der Waals surface area contributed by atoms with Gasteiger partial charge in [0.2, 0.25) is 0 Å². The molecular formula is C16H17BrN2O2. The van der Waals surface area contributed by atoms with Gasteiger partial charge in [-0.15, -0.1) is 0 Å². The van der Waals surface area contributed by atoms with Crippen molar-refractivity contribution in [1.82, 2.24) is 0 Å². The SMILES string of the molecule is Cc1cc(C)c(C)c(Oc2ccc(Br)cc2/C(N)=N/O)c1. The molecule has 21 heavy (non-hydrogen) atoms. The number of hydrogen-bond donors (Lipinski definition) is 2. The quantitative estimate of drug-likeness (QED) is 0.377. The molecule has 0 bridgehead atoms. The summed E-state index contributed by atoms with van der Waals surface area (Å²) in [5.41, 5.74) is 9.59. The highest BCUT2D eigenvalue weighted by molar-refractivity contribution is 9.10. The van der Waals surface area contributed by atoms with E-state index in [0.717, 1.165) is 26.9 Å². The van der Waals surface area contributed by atoms with Crippen LogP contribution < -0.4 is 10.5 Å². The summed E-state index contributed by atoms with van der Waals surface area (Å²) in [5.74, 6) is 1.32. The Kier molecular flexibility index (Phi) is 4.53. The molecule has 0 amide bonds. The van der Waals surface area contributed by atoms with Gasteiger partial charge in [0.05, 0.1) is 5.56 Å². The van der Waals surface area contributed by atoms with E-state index in [1.807, 2.05) is 32.9 Å². The zero-order valence-corrected chi connectivity index (χ0v) is 13.7. The fourth-order valence-corrected chi connectivity index (χ4v) is 2.43. The largest absolute Gasteiger partial charge is 0.456 e. The molecule has 0 unspecified atom stereocenters. The van der Waals surface area contributed by atoms with Crippen LogP contribution in [0.3, 0.4) is 0 Å². The molecule has 2 aromatic carbocycles. The number of nitrogens with two attached hydrogens (primary N) is 1. The predicted molar refractivity (Wildman–Crippen MR) is 87.4 cm³/mol. The molecule has 0 saturated carbocycles. The standard InChI is InChI=1S/C16H17BrN2O2/c1-9-6-10(2)11(3)15(7-9)21-14-5-4-12(17)8-13(14)16(18)19-20/h4-8,20H,1-3H3,(H2,18,19). The highest BCUT2D eigenvalue weighted by Gasteiger charge is 2.12. The third kappa shape index (κ3) is 3.36. The summed E-state index contributed by atoms with van der Waals surface area (Å²) in [5, 5.41) is 12.0. The van der Waals surface area contributed by atoms with Gasteiger partial charge >= 0.3 is 0 Å². The molecule has 0 aromatic heterocycles. The lowest BCUT2D eigenvalue weighted by Crippen LogP contribution is -2.14. The normalized spacial score (nSPS) is 11.5. The van der Waals surface area contributed by atoms with Gasteiger partial charge < -0.3 is 15.7 Å². The second-order valence-corrected chi connectivity index (χ2v) is 5.85. The van der Waals surface area contributed by atoms with Crippen LogP contribution in [0.5, 0.6) is 11.5 Å². The minimum Gasteiger partial charge on any atom is -0.456 e. The lowest BCUT2D eigenvalue weighted by Gasteiger charge is -2.14. The van der Waals surface area contributed by atoms with Crippen molar-refractivity contribution in [2.45, 2.75) is 20.8 Å². The molecule has 0 atom stereocenters. The maximum Gasteiger partial charge on any atom is 0.173 e. The summed E-state index contributed by atoms with van der Waals surface area (Å²) in [6.45, 7) is 6.07.